The van der Waals surface area contributed by atoms with Crippen LogP contribution in [0.15, 0.2) is 23.1 Å². The number of benzene rings is 1. The number of sulfonamides is 1. The zero-order valence-electron chi connectivity index (χ0n) is 13.2. The van der Waals surface area contributed by atoms with Crippen LogP contribution in [-0.2, 0) is 19.5 Å². The largest absolute Gasteiger partial charge is 0.493 e. The molecule has 8 heteroatoms. The van der Waals surface area contributed by atoms with E-state index >= 15 is 0 Å². The molecule has 0 spiro atoms. The van der Waals surface area contributed by atoms with Crippen molar-refractivity contribution < 1.29 is 27.4 Å². The van der Waals surface area contributed by atoms with Crippen molar-refractivity contribution in [2.75, 3.05) is 26.9 Å². The van der Waals surface area contributed by atoms with E-state index in [1.54, 1.807) is 0 Å². The third-order valence-electron chi connectivity index (χ3n) is 3.38. The molecule has 0 aliphatic carbocycles. The van der Waals surface area contributed by atoms with E-state index in [0.717, 1.165) is 6.42 Å². The molecular formula is C15H21NO6S. The maximum absolute atomic E-state index is 12.4. The predicted molar refractivity (Wildman–Crippen MR) is 83.1 cm³/mol. The Balaban J connectivity index is 2.29. The third kappa shape index (κ3) is 4.43. The van der Waals surface area contributed by atoms with Crippen LogP contribution in [0, 0.1) is 0 Å². The molecule has 1 aliphatic heterocycles. The lowest BCUT2D eigenvalue weighted by Crippen LogP contribution is -2.35. The molecule has 0 aromatic heterocycles. The van der Waals surface area contributed by atoms with Gasteiger partial charge < -0.3 is 14.2 Å². The van der Waals surface area contributed by atoms with Crippen molar-refractivity contribution in [1.82, 2.24) is 4.72 Å². The lowest BCUT2D eigenvalue weighted by Gasteiger charge is -2.14. The van der Waals surface area contributed by atoms with Gasteiger partial charge in [-0.25, -0.2) is 17.9 Å². The minimum absolute atomic E-state index is 0.00588. The van der Waals surface area contributed by atoms with Crippen molar-refractivity contribution in [1.29, 1.82) is 0 Å². The quantitative estimate of drug-likeness (QED) is 0.751. The number of carbonyl (C=O) groups is 1. The number of hydrogen-bond donors (Lipinski definition) is 1. The van der Waals surface area contributed by atoms with Gasteiger partial charge in [-0.3, -0.25) is 0 Å². The normalized spacial score (nSPS) is 17.9. The lowest BCUT2D eigenvalue weighted by atomic mass is 10.2. The highest BCUT2D eigenvalue weighted by atomic mass is 32.2. The molecule has 1 saturated heterocycles. The predicted octanol–water partition coefficient (Wildman–Crippen LogP) is 1.33. The van der Waals surface area contributed by atoms with E-state index in [1.165, 1.54) is 25.3 Å². The molecule has 1 aromatic rings. The zero-order chi connectivity index (χ0) is 16.9. The van der Waals surface area contributed by atoms with Crippen LogP contribution < -0.4 is 9.46 Å². The average Bonchev–Trinajstić information content (AvgIpc) is 3.04. The maximum atomic E-state index is 12.4. The fourth-order valence-electron chi connectivity index (χ4n) is 2.20. The molecule has 128 valence electrons. The number of nitrogens with one attached hydrogen (secondary N) is 1. The van der Waals surface area contributed by atoms with E-state index in [9.17, 15) is 13.2 Å². The summed E-state index contributed by atoms with van der Waals surface area (Å²) in [6.45, 7) is 3.24. The van der Waals surface area contributed by atoms with Crippen LogP contribution in [0.25, 0.3) is 0 Å². The van der Waals surface area contributed by atoms with E-state index in [-0.39, 0.29) is 16.5 Å². The Kier molecular flexibility index (Phi) is 5.97. The fraction of sp³-hybridized carbons (Fsp3) is 0.533. The van der Waals surface area contributed by atoms with E-state index in [1.807, 2.05) is 6.92 Å². The second-order valence-corrected chi connectivity index (χ2v) is 6.89. The molecule has 0 saturated carbocycles. The number of ether oxygens (including phenoxy) is 3. The van der Waals surface area contributed by atoms with Gasteiger partial charge in [-0.05, 0) is 31.0 Å². The van der Waals surface area contributed by atoms with E-state index in [2.05, 4.69) is 4.72 Å². The first-order valence-electron chi connectivity index (χ1n) is 7.43. The van der Waals surface area contributed by atoms with Crippen LogP contribution in [0.2, 0.25) is 0 Å². The summed E-state index contributed by atoms with van der Waals surface area (Å²) in [6.07, 6.45) is 1.39. The van der Waals surface area contributed by atoms with Crippen LogP contribution in [0.4, 0.5) is 0 Å². The summed E-state index contributed by atoms with van der Waals surface area (Å²) in [7, 11) is -2.50. The minimum atomic E-state index is -3.74. The molecule has 1 aliphatic rings. The topological polar surface area (TPSA) is 90.9 Å². The van der Waals surface area contributed by atoms with Gasteiger partial charge in [-0.15, -0.1) is 0 Å². The van der Waals surface area contributed by atoms with Crippen LogP contribution in [0.3, 0.4) is 0 Å². The van der Waals surface area contributed by atoms with E-state index in [4.69, 9.17) is 14.2 Å². The summed E-state index contributed by atoms with van der Waals surface area (Å²) >= 11 is 0. The Morgan fingerprint density at radius 1 is 1.43 bits per heavy atom. The molecule has 23 heavy (non-hydrogen) atoms. The van der Waals surface area contributed by atoms with Gasteiger partial charge in [-0.1, -0.05) is 6.92 Å². The molecule has 2 rings (SSSR count). The summed E-state index contributed by atoms with van der Waals surface area (Å²) in [5.41, 5.74) is 0.0893. The van der Waals surface area contributed by atoms with Crippen LogP contribution in [0.5, 0.6) is 5.75 Å². The number of esters is 1. The number of carbonyl (C=O) groups excluding carboxylic acids is 1. The molecule has 1 fully saturated rings. The summed E-state index contributed by atoms with van der Waals surface area (Å²) in [5.74, 6) is -0.334. The highest BCUT2D eigenvalue weighted by Gasteiger charge is 2.25. The van der Waals surface area contributed by atoms with Crippen LogP contribution in [0.1, 0.15) is 30.1 Å². The van der Waals surface area contributed by atoms with Crippen LogP contribution in [-0.4, -0.2) is 47.4 Å². The Bertz CT molecular complexity index is 652. The first-order valence-corrected chi connectivity index (χ1v) is 8.91. The molecule has 1 unspecified atom stereocenters. The standard InChI is InChI=1S/C15H21NO6S/c1-3-7-22-14-5-4-12(9-13(14)15(17)20-2)23(18,19)16-11-6-8-21-10-11/h4-5,9,11,16H,3,6-8,10H2,1-2H3. The Hall–Kier alpha value is -1.64. The number of methoxy groups -OCH3 is 1. The van der Waals surface area contributed by atoms with Gasteiger partial charge in [0.15, 0.2) is 0 Å². The smallest absolute Gasteiger partial charge is 0.341 e. The SMILES string of the molecule is CCCOc1ccc(S(=O)(=O)NC2CCOC2)cc1C(=O)OC. The molecule has 7 nitrogen and oxygen atoms in total. The lowest BCUT2D eigenvalue weighted by molar-refractivity contribution is 0.0595. The van der Waals surface area contributed by atoms with Gasteiger partial charge in [0.2, 0.25) is 10.0 Å². The van der Waals surface area contributed by atoms with Crippen molar-refractivity contribution in [3.63, 3.8) is 0 Å². The van der Waals surface area contributed by atoms with E-state index < -0.39 is 16.0 Å². The summed E-state index contributed by atoms with van der Waals surface area (Å²) in [6, 6.07) is 3.91. The van der Waals surface area contributed by atoms with Crippen molar-refractivity contribution in [2.45, 2.75) is 30.7 Å². The molecular weight excluding hydrogens is 322 g/mol. The average molecular weight is 343 g/mol. The molecule has 1 aromatic carbocycles. The number of rotatable bonds is 7. The second kappa shape index (κ2) is 7.76. The Morgan fingerprint density at radius 2 is 2.22 bits per heavy atom. The van der Waals surface area contributed by atoms with Crippen LogP contribution >= 0.6 is 0 Å². The monoisotopic (exact) mass is 343 g/mol. The highest BCUT2D eigenvalue weighted by Crippen LogP contribution is 2.24. The minimum Gasteiger partial charge on any atom is -0.493 e. The fourth-order valence-corrected chi connectivity index (χ4v) is 3.48. The third-order valence-corrected chi connectivity index (χ3v) is 4.90. The molecule has 0 bridgehead atoms. The first kappa shape index (κ1) is 17.7. The van der Waals surface area contributed by atoms with Gasteiger partial charge >= 0.3 is 5.97 Å². The van der Waals surface area contributed by atoms with Gasteiger partial charge in [0.05, 0.1) is 25.2 Å². The van der Waals surface area contributed by atoms with Crippen molar-refractivity contribution in [3.05, 3.63) is 23.8 Å². The Morgan fingerprint density at radius 3 is 2.83 bits per heavy atom. The summed E-state index contributed by atoms with van der Waals surface area (Å²) in [4.78, 5) is 11.9. The summed E-state index contributed by atoms with van der Waals surface area (Å²) in [5, 5.41) is 0. The first-order chi connectivity index (χ1) is 11.0. The van der Waals surface area contributed by atoms with Crippen molar-refractivity contribution in [2.24, 2.45) is 0 Å². The van der Waals surface area contributed by atoms with Gasteiger partial charge in [0.25, 0.3) is 0 Å². The van der Waals surface area contributed by atoms with Crippen molar-refractivity contribution >= 4 is 16.0 Å². The molecule has 1 heterocycles. The van der Waals surface area contributed by atoms with Gasteiger partial charge in [-0.2, -0.15) is 0 Å². The zero-order valence-corrected chi connectivity index (χ0v) is 14.0. The van der Waals surface area contributed by atoms with Crippen molar-refractivity contribution in [3.8, 4) is 5.75 Å². The molecule has 1 atom stereocenters. The molecule has 0 amide bonds. The van der Waals surface area contributed by atoms with E-state index in [0.29, 0.717) is 32.0 Å². The maximum Gasteiger partial charge on any atom is 0.341 e. The van der Waals surface area contributed by atoms with Gasteiger partial charge in [0.1, 0.15) is 11.3 Å². The number of hydrogen-bond acceptors (Lipinski definition) is 6. The second-order valence-electron chi connectivity index (χ2n) is 5.18. The highest BCUT2D eigenvalue weighted by molar-refractivity contribution is 7.89. The van der Waals surface area contributed by atoms with Gasteiger partial charge in [0, 0.05) is 12.6 Å². The Labute approximate surface area is 136 Å². The molecule has 0 radical (unpaired) electrons. The summed E-state index contributed by atoms with van der Waals surface area (Å²) < 4.78 is 42.7. The molecule has 1 N–H and O–H groups in total.